The Balaban J connectivity index is 2.21. The molecule has 3 nitrogen and oxygen atoms in total. The van der Waals surface area contributed by atoms with Crippen LogP contribution in [0.1, 0.15) is 21.5 Å². The summed E-state index contributed by atoms with van der Waals surface area (Å²) in [5.41, 5.74) is 8.93. The maximum atomic E-state index is 11.4. The number of nitrogen functional groups attached to an aromatic ring is 1. The van der Waals surface area contributed by atoms with Gasteiger partial charge in [0, 0.05) is 5.69 Å². The van der Waals surface area contributed by atoms with Gasteiger partial charge in [0.25, 0.3) is 0 Å². The first-order valence-corrected chi connectivity index (χ1v) is 5.91. The van der Waals surface area contributed by atoms with Crippen LogP contribution in [0.5, 0.6) is 0 Å². The first-order chi connectivity index (χ1) is 9.19. The van der Waals surface area contributed by atoms with E-state index in [1.165, 1.54) is 7.11 Å². The molecule has 0 fully saturated rings. The zero-order valence-electron chi connectivity index (χ0n) is 10.7. The standard InChI is InChI=1S/C16H15NO2/c1-19-16(18)14-6-2-4-12(10-14)8-9-13-5-3-7-15(17)11-13/h2-11H,17H2,1H3/b9-8+. The summed E-state index contributed by atoms with van der Waals surface area (Å²) < 4.78 is 4.69. The van der Waals surface area contributed by atoms with E-state index in [4.69, 9.17) is 10.5 Å². The number of nitrogens with two attached hydrogens (primary N) is 1. The number of benzene rings is 2. The summed E-state index contributed by atoms with van der Waals surface area (Å²) in [6.07, 6.45) is 3.88. The summed E-state index contributed by atoms with van der Waals surface area (Å²) in [6.45, 7) is 0. The van der Waals surface area contributed by atoms with Gasteiger partial charge in [0.2, 0.25) is 0 Å². The predicted octanol–water partition coefficient (Wildman–Crippen LogP) is 3.23. The van der Waals surface area contributed by atoms with Gasteiger partial charge in [-0.3, -0.25) is 0 Å². The van der Waals surface area contributed by atoms with Crippen molar-refractivity contribution in [2.75, 3.05) is 12.8 Å². The molecular formula is C16H15NO2. The molecule has 0 unspecified atom stereocenters. The number of rotatable bonds is 3. The van der Waals surface area contributed by atoms with E-state index in [0.29, 0.717) is 5.56 Å². The summed E-state index contributed by atoms with van der Waals surface area (Å²) in [5.74, 6) is -0.334. The number of ether oxygens (including phenoxy) is 1. The molecule has 0 amide bonds. The van der Waals surface area contributed by atoms with E-state index in [0.717, 1.165) is 16.8 Å². The highest BCUT2D eigenvalue weighted by molar-refractivity contribution is 5.90. The first kappa shape index (κ1) is 12.9. The molecular weight excluding hydrogens is 238 g/mol. The van der Waals surface area contributed by atoms with E-state index in [1.54, 1.807) is 12.1 Å². The number of hydrogen-bond acceptors (Lipinski definition) is 3. The molecule has 0 heterocycles. The Kier molecular flexibility index (Phi) is 3.98. The summed E-state index contributed by atoms with van der Waals surface area (Å²) in [5, 5.41) is 0. The number of esters is 1. The predicted molar refractivity (Wildman–Crippen MR) is 77.6 cm³/mol. The van der Waals surface area contributed by atoms with Crippen LogP contribution in [0.25, 0.3) is 12.2 Å². The lowest BCUT2D eigenvalue weighted by Gasteiger charge is -2.00. The molecule has 0 saturated heterocycles. The number of carbonyl (C=O) groups is 1. The maximum Gasteiger partial charge on any atom is 0.337 e. The second-order valence-electron chi connectivity index (χ2n) is 4.12. The molecule has 0 radical (unpaired) electrons. The third kappa shape index (κ3) is 3.45. The van der Waals surface area contributed by atoms with Crippen molar-refractivity contribution >= 4 is 23.8 Å². The number of carbonyl (C=O) groups excluding carboxylic acids is 1. The molecule has 0 aliphatic carbocycles. The summed E-state index contributed by atoms with van der Waals surface area (Å²) in [6, 6.07) is 14.9. The second kappa shape index (κ2) is 5.87. The van der Waals surface area contributed by atoms with Gasteiger partial charge in [-0.05, 0) is 35.4 Å². The van der Waals surface area contributed by atoms with Gasteiger partial charge in [0.05, 0.1) is 12.7 Å². The Morgan fingerprint density at radius 2 is 1.68 bits per heavy atom. The second-order valence-corrected chi connectivity index (χ2v) is 4.12. The highest BCUT2D eigenvalue weighted by Gasteiger charge is 2.03. The van der Waals surface area contributed by atoms with Crippen molar-refractivity contribution in [1.82, 2.24) is 0 Å². The minimum atomic E-state index is -0.334. The van der Waals surface area contributed by atoms with Gasteiger partial charge in [-0.15, -0.1) is 0 Å². The van der Waals surface area contributed by atoms with Crippen LogP contribution >= 0.6 is 0 Å². The zero-order valence-corrected chi connectivity index (χ0v) is 10.7. The van der Waals surface area contributed by atoms with Crippen LogP contribution in [-0.4, -0.2) is 13.1 Å². The molecule has 19 heavy (non-hydrogen) atoms. The molecule has 0 atom stereocenters. The molecule has 0 saturated carbocycles. The third-order valence-corrected chi connectivity index (χ3v) is 2.69. The highest BCUT2D eigenvalue weighted by atomic mass is 16.5. The van der Waals surface area contributed by atoms with Crippen molar-refractivity contribution in [3.05, 3.63) is 65.2 Å². The van der Waals surface area contributed by atoms with Gasteiger partial charge in [0.1, 0.15) is 0 Å². The Labute approximate surface area is 112 Å². The Hall–Kier alpha value is -2.55. The van der Waals surface area contributed by atoms with Crippen LogP contribution in [-0.2, 0) is 4.74 Å². The SMILES string of the molecule is COC(=O)c1cccc(/C=C/c2cccc(N)c2)c1. The number of hydrogen-bond donors (Lipinski definition) is 1. The summed E-state index contributed by atoms with van der Waals surface area (Å²) in [4.78, 5) is 11.4. The van der Waals surface area contributed by atoms with Gasteiger partial charge in [-0.1, -0.05) is 36.4 Å². The first-order valence-electron chi connectivity index (χ1n) is 5.91. The lowest BCUT2D eigenvalue weighted by molar-refractivity contribution is 0.0600. The zero-order chi connectivity index (χ0) is 13.7. The molecule has 0 aromatic heterocycles. The summed E-state index contributed by atoms with van der Waals surface area (Å²) >= 11 is 0. The van der Waals surface area contributed by atoms with Crippen LogP contribution < -0.4 is 5.73 Å². The number of methoxy groups -OCH3 is 1. The van der Waals surface area contributed by atoms with Crippen LogP contribution in [0.3, 0.4) is 0 Å². The van der Waals surface area contributed by atoms with E-state index in [-0.39, 0.29) is 5.97 Å². The molecule has 0 aliphatic heterocycles. The van der Waals surface area contributed by atoms with Crippen molar-refractivity contribution in [2.45, 2.75) is 0 Å². The van der Waals surface area contributed by atoms with Gasteiger partial charge < -0.3 is 10.5 Å². The minimum absolute atomic E-state index is 0.334. The monoisotopic (exact) mass is 253 g/mol. The Morgan fingerprint density at radius 1 is 1.05 bits per heavy atom. The average molecular weight is 253 g/mol. The fourth-order valence-corrected chi connectivity index (χ4v) is 1.74. The quantitative estimate of drug-likeness (QED) is 0.519. The van der Waals surface area contributed by atoms with Crippen molar-refractivity contribution in [3.8, 4) is 0 Å². The molecule has 2 aromatic rings. The summed E-state index contributed by atoms with van der Waals surface area (Å²) in [7, 11) is 1.37. The van der Waals surface area contributed by atoms with E-state index in [1.807, 2.05) is 48.6 Å². The van der Waals surface area contributed by atoms with Crippen molar-refractivity contribution < 1.29 is 9.53 Å². The van der Waals surface area contributed by atoms with Gasteiger partial charge >= 0.3 is 5.97 Å². The topological polar surface area (TPSA) is 52.3 Å². The van der Waals surface area contributed by atoms with E-state index in [2.05, 4.69) is 0 Å². The maximum absolute atomic E-state index is 11.4. The number of anilines is 1. The molecule has 0 aliphatic rings. The van der Waals surface area contributed by atoms with Gasteiger partial charge in [-0.25, -0.2) is 4.79 Å². The van der Waals surface area contributed by atoms with Crippen molar-refractivity contribution in [1.29, 1.82) is 0 Å². The Morgan fingerprint density at radius 3 is 2.32 bits per heavy atom. The van der Waals surface area contributed by atoms with Crippen LogP contribution in [0, 0.1) is 0 Å². The van der Waals surface area contributed by atoms with E-state index in [9.17, 15) is 4.79 Å². The van der Waals surface area contributed by atoms with E-state index >= 15 is 0 Å². The molecule has 3 heteroatoms. The minimum Gasteiger partial charge on any atom is -0.465 e. The van der Waals surface area contributed by atoms with Gasteiger partial charge in [-0.2, -0.15) is 0 Å². The lowest BCUT2D eigenvalue weighted by Crippen LogP contribution is -2.00. The third-order valence-electron chi connectivity index (χ3n) is 2.69. The average Bonchev–Trinajstić information content (AvgIpc) is 2.45. The largest absolute Gasteiger partial charge is 0.465 e. The van der Waals surface area contributed by atoms with Crippen LogP contribution in [0.2, 0.25) is 0 Å². The fraction of sp³-hybridized carbons (Fsp3) is 0.0625. The molecule has 2 rings (SSSR count). The molecule has 0 bridgehead atoms. The Bertz CT molecular complexity index is 618. The fourth-order valence-electron chi connectivity index (χ4n) is 1.74. The molecule has 2 N–H and O–H groups in total. The molecule has 0 spiro atoms. The van der Waals surface area contributed by atoms with Crippen molar-refractivity contribution in [2.24, 2.45) is 0 Å². The smallest absolute Gasteiger partial charge is 0.337 e. The van der Waals surface area contributed by atoms with Crippen LogP contribution in [0.15, 0.2) is 48.5 Å². The van der Waals surface area contributed by atoms with Gasteiger partial charge in [0.15, 0.2) is 0 Å². The van der Waals surface area contributed by atoms with Crippen molar-refractivity contribution in [3.63, 3.8) is 0 Å². The van der Waals surface area contributed by atoms with E-state index < -0.39 is 0 Å². The highest BCUT2D eigenvalue weighted by Crippen LogP contribution is 2.13. The normalized spacial score (nSPS) is 10.6. The molecule has 2 aromatic carbocycles. The lowest BCUT2D eigenvalue weighted by atomic mass is 10.1. The van der Waals surface area contributed by atoms with Crippen LogP contribution in [0.4, 0.5) is 5.69 Å². The molecule has 96 valence electrons.